The van der Waals surface area contributed by atoms with Gasteiger partial charge in [0.2, 0.25) is 0 Å². The predicted molar refractivity (Wildman–Crippen MR) is 130 cm³/mol. The lowest BCUT2D eigenvalue weighted by Crippen LogP contribution is -2.23. The molecule has 7 nitrogen and oxygen atoms in total. The lowest BCUT2D eigenvalue weighted by molar-refractivity contribution is 0.0954. The molecule has 2 heterocycles. The normalized spacial score (nSPS) is 20.9. The second-order valence-corrected chi connectivity index (χ2v) is 9.71. The number of allylic oxidation sites excluding steroid dienone is 2. The minimum Gasteiger partial charge on any atom is -0.493 e. The SMILES string of the molecule is COc1cccc(CNC(=O)c2sc3ncnc(NC[C@@H]4C[C@H]5C=C[C@@H]4C5)c3c2C)c1OC. The predicted octanol–water partition coefficient (Wildman–Crippen LogP) is 4.57. The molecule has 172 valence electrons. The molecular formula is C25H28N4O3S. The molecule has 0 aliphatic heterocycles. The number of aryl methyl sites for hydroxylation is 1. The number of nitrogens with one attached hydrogen (secondary N) is 2. The van der Waals surface area contributed by atoms with E-state index in [4.69, 9.17) is 9.47 Å². The van der Waals surface area contributed by atoms with E-state index in [1.165, 1.54) is 24.2 Å². The Kier molecular flexibility index (Phi) is 5.93. The molecule has 0 unspecified atom stereocenters. The number of thiophene rings is 1. The van der Waals surface area contributed by atoms with Crippen LogP contribution >= 0.6 is 11.3 Å². The van der Waals surface area contributed by atoms with Crippen molar-refractivity contribution in [2.45, 2.75) is 26.3 Å². The number of amides is 1. The second-order valence-electron chi connectivity index (χ2n) is 8.72. The first-order chi connectivity index (χ1) is 16.1. The van der Waals surface area contributed by atoms with E-state index in [-0.39, 0.29) is 5.91 Å². The number of methoxy groups -OCH3 is 2. The summed E-state index contributed by atoms with van der Waals surface area (Å²) < 4.78 is 10.8. The topological polar surface area (TPSA) is 85.4 Å². The molecule has 2 bridgehead atoms. The van der Waals surface area contributed by atoms with Crippen LogP contribution < -0.4 is 20.1 Å². The summed E-state index contributed by atoms with van der Waals surface area (Å²) in [6.07, 6.45) is 8.83. The molecule has 3 atom stereocenters. The minimum atomic E-state index is -0.135. The lowest BCUT2D eigenvalue weighted by Gasteiger charge is -2.19. The molecule has 0 radical (unpaired) electrons. The van der Waals surface area contributed by atoms with Crippen molar-refractivity contribution < 1.29 is 14.3 Å². The average molecular weight is 465 g/mol. The van der Waals surface area contributed by atoms with Gasteiger partial charge in [0.1, 0.15) is 17.0 Å². The van der Waals surface area contributed by atoms with E-state index < -0.39 is 0 Å². The van der Waals surface area contributed by atoms with Crippen LogP contribution in [0.4, 0.5) is 5.82 Å². The number of carbonyl (C=O) groups is 1. The molecule has 0 saturated heterocycles. The van der Waals surface area contributed by atoms with Crippen LogP contribution in [-0.4, -0.2) is 36.6 Å². The summed E-state index contributed by atoms with van der Waals surface area (Å²) in [5.41, 5.74) is 1.76. The van der Waals surface area contributed by atoms with Gasteiger partial charge in [0.15, 0.2) is 11.5 Å². The largest absolute Gasteiger partial charge is 0.493 e. The van der Waals surface area contributed by atoms with Crippen molar-refractivity contribution >= 4 is 33.3 Å². The average Bonchev–Trinajstić information content (AvgIpc) is 3.55. The number of rotatable bonds is 8. The van der Waals surface area contributed by atoms with Crippen LogP contribution in [0, 0.1) is 24.7 Å². The molecule has 8 heteroatoms. The van der Waals surface area contributed by atoms with E-state index in [0.29, 0.717) is 34.8 Å². The van der Waals surface area contributed by atoms with E-state index in [2.05, 4.69) is 32.8 Å². The van der Waals surface area contributed by atoms with E-state index in [1.807, 2.05) is 25.1 Å². The van der Waals surface area contributed by atoms with Gasteiger partial charge in [-0.1, -0.05) is 24.3 Å². The Bertz CT molecular complexity index is 1220. The number of nitrogens with zero attached hydrogens (tertiary/aromatic N) is 2. The van der Waals surface area contributed by atoms with Crippen LogP contribution in [0.5, 0.6) is 11.5 Å². The van der Waals surface area contributed by atoms with Crippen LogP contribution in [0.1, 0.15) is 33.6 Å². The maximum Gasteiger partial charge on any atom is 0.261 e. The van der Waals surface area contributed by atoms with E-state index in [9.17, 15) is 4.79 Å². The third kappa shape index (κ3) is 4.04. The first-order valence-electron chi connectivity index (χ1n) is 11.2. The zero-order valence-corrected chi connectivity index (χ0v) is 19.9. The van der Waals surface area contributed by atoms with E-state index >= 15 is 0 Å². The molecule has 1 saturated carbocycles. The number of aromatic nitrogens is 2. The standard InChI is InChI=1S/C25H28N4O3S/c1-14-20-23(26-12-18-10-15-7-8-16(18)9-15)28-13-29-25(20)33-22(14)24(30)27-11-17-5-4-6-19(31-2)21(17)32-3/h4-8,13,15-16,18H,9-12H2,1-3H3,(H,27,30)(H,26,28,29)/t15-,16+,18-/m0/s1. The van der Waals surface area contributed by atoms with Gasteiger partial charge in [-0.2, -0.15) is 0 Å². The van der Waals surface area contributed by atoms with Crippen molar-refractivity contribution in [2.75, 3.05) is 26.1 Å². The molecule has 2 aliphatic carbocycles. The summed E-state index contributed by atoms with van der Waals surface area (Å²) in [5, 5.41) is 7.51. The molecule has 3 aromatic rings. The summed E-state index contributed by atoms with van der Waals surface area (Å²) in [6, 6.07) is 5.63. The monoisotopic (exact) mass is 464 g/mol. The summed E-state index contributed by atoms with van der Waals surface area (Å²) in [4.78, 5) is 23.5. The Labute approximate surface area is 197 Å². The lowest BCUT2D eigenvalue weighted by atomic mass is 9.93. The molecule has 2 aliphatic rings. The number of para-hydroxylation sites is 1. The summed E-state index contributed by atoms with van der Waals surface area (Å²) in [7, 11) is 3.20. The van der Waals surface area contributed by atoms with Crippen LogP contribution in [-0.2, 0) is 6.54 Å². The molecule has 1 fully saturated rings. The van der Waals surface area contributed by atoms with Crippen molar-refractivity contribution in [1.82, 2.24) is 15.3 Å². The molecule has 1 amide bonds. The third-order valence-electron chi connectivity index (χ3n) is 6.81. The summed E-state index contributed by atoms with van der Waals surface area (Å²) in [5.74, 6) is 4.01. The molecular weight excluding hydrogens is 436 g/mol. The quantitative estimate of drug-likeness (QED) is 0.475. The highest BCUT2D eigenvalue weighted by Gasteiger charge is 2.35. The number of fused-ring (bicyclic) bond motifs is 3. The van der Waals surface area contributed by atoms with Gasteiger partial charge in [0.25, 0.3) is 5.91 Å². The van der Waals surface area contributed by atoms with Crippen LogP contribution in [0.15, 0.2) is 36.7 Å². The van der Waals surface area contributed by atoms with Crippen LogP contribution in [0.3, 0.4) is 0 Å². The van der Waals surface area contributed by atoms with Gasteiger partial charge in [-0.05, 0) is 49.1 Å². The van der Waals surface area contributed by atoms with Gasteiger partial charge >= 0.3 is 0 Å². The van der Waals surface area contributed by atoms with Crippen molar-refractivity contribution in [1.29, 1.82) is 0 Å². The van der Waals surface area contributed by atoms with Gasteiger partial charge < -0.3 is 20.1 Å². The molecule has 0 spiro atoms. The van der Waals surface area contributed by atoms with Crippen molar-refractivity contribution in [3.05, 3.63) is 52.7 Å². The fourth-order valence-corrected chi connectivity index (χ4v) is 6.19. The highest BCUT2D eigenvalue weighted by Crippen LogP contribution is 2.43. The Balaban J connectivity index is 1.32. The number of carbonyl (C=O) groups excluding carboxylic acids is 1. The van der Waals surface area contributed by atoms with Gasteiger partial charge in [0, 0.05) is 18.7 Å². The molecule has 2 aromatic heterocycles. The zero-order valence-electron chi connectivity index (χ0n) is 19.1. The van der Waals surface area contributed by atoms with Crippen molar-refractivity contribution in [3.8, 4) is 11.5 Å². The fraction of sp³-hybridized carbons (Fsp3) is 0.400. The van der Waals surface area contributed by atoms with Crippen molar-refractivity contribution in [3.63, 3.8) is 0 Å². The Morgan fingerprint density at radius 3 is 2.79 bits per heavy atom. The zero-order chi connectivity index (χ0) is 22.9. The number of benzene rings is 1. The Morgan fingerprint density at radius 1 is 1.18 bits per heavy atom. The highest BCUT2D eigenvalue weighted by molar-refractivity contribution is 7.20. The number of anilines is 1. The first kappa shape index (κ1) is 21.7. The number of hydrogen-bond donors (Lipinski definition) is 2. The van der Waals surface area contributed by atoms with Gasteiger partial charge in [-0.3, -0.25) is 4.79 Å². The first-order valence-corrected chi connectivity index (χ1v) is 12.0. The smallest absolute Gasteiger partial charge is 0.261 e. The molecule has 33 heavy (non-hydrogen) atoms. The number of ether oxygens (including phenoxy) is 2. The van der Waals surface area contributed by atoms with Gasteiger partial charge in [-0.25, -0.2) is 9.97 Å². The molecule has 1 aromatic carbocycles. The number of hydrogen-bond acceptors (Lipinski definition) is 7. The van der Waals surface area contributed by atoms with Crippen LogP contribution in [0.2, 0.25) is 0 Å². The molecule has 5 rings (SSSR count). The minimum absolute atomic E-state index is 0.135. The summed E-state index contributed by atoms with van der Waals surface area (Å²) in [6.45, 7) is 3.19. The van der Waals surface area contributed by atoms with Gasteiger partial charge in [-0.15, -0.1) is 11.3 Å². The van der Waals surface area contributed by atoms with Crippen molar-refractivity contribution in [2.24, 2.45) is 17.8 Å². The highest BCUT2D eigenvalue weighted by atomic mass is 32.1. The maximum atomic E-state index is 13.1. The van der Waals surface area contributed by atoms with Crippen LogP contribution in [0.25, 0.3) is 10.2 Å². The maximum absolute atomic E-state index is 13.1. The second kappa shape index (κ2) is 9.02. The Hall–Kier alpha value is -3.13. The van der Waals surface area contributed by atoms with Gasteiger partial charge in [0.05, 0.1) is 24.5 Å². The fourth-order valence-electron chi connectivity index (χ4n) is 5.13. The Morgan fingerprint density at radius 2 is 2.06 bits per heavy atom. The van der Waals surface area contributed by atoms with E-state index in [0.717, 1.165) is 39.6 Å². The molecule has 2 N–H and O–H groups in total. The third-order valence-corrected chi connectivity index (χ3v) is 8.00. The van der Waals surface area contributed by atoms with E-state index in [1.54, 1.807) is 20.5 Å². The summed E-state index contributed by atoms with van der Waals surface area (Å²) >= 11 is 1.40.